The first-order chi connectivity index (χ1) is 10.1. The maximum Gasteiger partial charge on any atom is 0.308 e. The molecule has 0 atom stereocenters. The third-order valence-corrected chi connectivity index (χ3v) is 2.99. The lowest BCUT2D eigenvalue weighted by atomic mass is 10.1. The summed E-state index contributed by atoms with van der Waals surface area (Å²) in [5, 5.41) is 18.8. The quantitative estimate of drug-likeness (QED) is 0.790. The SMILES string of the molecule is O=C(NCCCO)c1nnc(Cc2ccc(F)cc2Cl)o1. The lowest BCUT2D eigenvalue weighted by molar-refractivity contribution is 0.0915. The molecule has 0 fully saturated rings. The molecule has 1 aromatic carbocycles. The predicted molar refractivity (Wildman–Crippen MR) is 72.6 cm³/mol. The molecule has 0 aliphatic carbocycles. The van der Waals surface area contributed by atoms with Gasteiger partial charge in [-0.15, -0.1) is 10.2 Å². The summed E-state index contributed by atoms with van der Waals surface area (Å²) in [5.41, 5.74) is 0.619. The molecular formula is C13H13ClFN3O3. The first-order valence-electron chi connectivity index (χ1n) is 6.25. The molecule has 8 heteroatoms. The van der Waals surface area contributed by atoms with Crippen molar-refractivity contribution in [3.8, 4) is 0 Å². The van der Waals surface area contributed by atoms with Crippen LogP contribution in [0.4, 0.5) is 4.39 Å². The number of nitrogens with one attached hydrogen (secondary N) is 1. The number of aliphatic hydroxyl groups is 1. The Kier molecular flexibility index (Phi) is 5.24. The molecule has 1 aromatic heterocycles. The van der Waals surface area contributed by atoms with Crippen LogP contribution in [0.3, 0.4) is 0 Å². The zero-order valence-electron chi connectivity index (χ0n) is 11.0. The Morgan fingerprint density at radius 2 is 2.24 bits per heavy atom. The summed E-state index contributed by atoms with van der Waals surface area (Å²) < 4.78 is 18.2. The van der Waals surface area contributed by atoms with Gasteiger partial charge in [-0.3, -0.25) is 4.79 Å². The molecule has 0 aliphatic rings. The molecule has 2 rings (SSSR count). The fraction of sp³-hybridized carbons (Fsp3) is 0.308. The number of nitrogens with zero attached hydrogens (tertiary/aromatic N) is 2. The largest absolute Gasteiger partial charge is 0.417 e. The summed E-state index contributed by atoms with van der Waals surface area (Å²) in [6, 6.07) is 3.98. The van der Waals surface area contributed by atoms with Gasteiger partial charge in [-0.25, -0.2) is 4.39 Å². The predicted octanol–water partition coefficient (Wildman–Crippen LogP) is 1.57. The van der Waals surface area contributed by atoms with E-state index in [0.717, 1.165) is 0 Å². The molecule has 0 saturated heterocycles. The normalized spacial score (nSPS) is 10.6. The summed E-state index contributed by atoms with van der Waals surface area (Å²) in [4.78, 5) is 11.6. The van der Waals surface area contributed by atoms with Gasteiger partial charge < -0.3 is 14.8 Å². The molecule has 21 heavy (non-hydrogen) atoms. The van der Waals surface area contributed by atoms with Crippen molar-refractivity contribution in [3.05, 3.63) is 46.4 Å². The number of aliphatic hydroxyl groups excluding tert-OH is 1. The zero-order valence-corrected chi connectivity index (χ0v) is 11.7. The van der Waals surface area contributed by atoms with Crippen LogP contribution in [-0.2, 0) is 6.42 Å². The average Bonchev–Trinajstić information content (AvgIpc) is 2.91. The molecule has 112 valence electrons. The molecule has 1 heterocycles. The van der Waals surface area contributed by atoms with Gasteiger partial charge in [0.1, 0.15) is 5.82 Å². The van der Waals surface area contributed by atoms with Crippen molar-refractivity contribution in [2.24, 2.45) is 0 Å². The number of hydrogen-bond acceptors (Lipinski definition) is 5. The standard InChI is InChI=1S/C13H13ClFN3O3/c14-10-7-9(15)3-2-8(10)6-11-17-18-13(21-11)12(20)16-4-1-5-19/h2-3,7,19H,1,4-6H2,(H,16,20). The molecule has 0 spiro atoms. The molecule has 0 unspecified atom stereocenters. The minimum Gasteiger partial charge on any atom is -0.417 e. The summed E-state index contributed by atoms with van der Waals surface area (Å²) >= 11 is 5.90. The van der Waals surface area contributed by atoms with Gasteiger partial charge in [0.2, 0.25) is 5.89 Å². The lowest BCUT2D eigenvalue weighted by Crippen LogP contribution is -2.25. The summed E-state index contributed by atoms with van der Waals surface area (Å²) in [6.07, 6.45) is 0.647. The van der Waals surface area contributed by atoms with Crippen molar-refractivity contribution in [2.75, 3.05) is 13.2 Å². The van der Waals surface area contributed by atoms with Gasteiger partial charge in [0, 0.05) is 18.2 Å². The Morgan fingerprint density at radius 1 is 1.43 bits per heavy atom. The smallest absolute Gasteiger partial charge is 0.308 e. The number of amides is 1. The van der Waals surface area contributed by atoms with Crippen LogP contribution in [0.15, 0.2) is 22.6 Å². The first kappa shape index (κ1) is 15.4. The van der Waals surface area contributed by atoms with Crippen molar-refractivity contribution in [1.29, 1.82) is 0 Å². The highest BCUT2D eigenvalue weighted by Gasteiger charge is 2.15. The number of benzene rings is 1. The molecule has 0 radical (unpaired) electrons. The fourth-order valence-electron chi connectivity index (χ4n) is 1.60. The van der Waals surface area contributed by atoms with E-state index in [1.54, 1.807) is 0 Å². The van der Waals surface area contributed by atoms with Crippen molar-refractivity contribution in [2.45, 2.75) is 12.8 Å². The highest BCUT2D eigenvalue weighted by atomic mass is 35.5. The van der Waals surface area contributed by atoms with Crippen LogP contribution in [0, 0.1) is 5.82 Å². The van der Waals surface area contributed by atoms with Crippen LogP contribution in [0.25, 0.3) is 0 Å². The second-order valence-corrected chi connectivity index (χ2v) is 4.65. The third-order valence-electron chi connectivity index (χ3n) is 2.64. The summed E-state index contributed by atoms with van der Waals surface area (Å²) in [7, 11) is 0. The summed E-state index contributed by atoms with van der Waals surface area (Å²) in [5.74, 6) is -0.900. The van der Waals surface area contributed by atoms with E-state index in [0.29, 0.717) is 18.5 Å². The van der Waals surface area contributed by atoms with Crippen molar-refractivity contribution in [3.63, 3.8) is 0 Å². The molecule has 0 bridgehead atoms. The number of hydrogen-bond donors (Lipinski definition) is 2. The third kappa shape index (κ3) is 4.24. The Balaban J connectivity index is 2.01. The van der Waals surface area contributed by atoms with Gasteiger partial charge in [0.25, 0.3) is 0 Å². The second-order valence-electron chi connectivity index (χ2n) is 4.25. The van der Waals surface area contributed by atoms with E-state index in [1.807, 2.05) is 0 Å². The van der Waals surface area contributed by atoms with Crippen LogP contribution in [0.5, 0.6) is 0 Å². The second kappa shape index (κ2) is 7.14. The first-order valence-corrected chi connectivity index (χ1v) is 6.63. The minimum atomic E-state index is -0.507. The van der Waals surface area contributed by atoms with E-state index in [9.17, 15) is 9.18 Å². The van der Waals surface area contributed by atoms with Crippen LogP contribution < -0.4 is 5.32 Å². The minimum absolute atomic E-state index is 0.0154. The van der Waals surface area contributed by atoms with E-state index in [-0.39, 0.29) is 29.8 Å². The fourth-order valence-corrected chi connectivity index (χ4v) is 1.84. The maximum absolute atomic E-state index is 12.9. The maximum atomic E-state index is 12.9. The van der Waals surface area contributed by atoms with E-state index in [2.05, 4.69) is 15.5 Å². The van der Waals surface area contributed by atoms with Crippen LogP contribution in [0.1, 0.15) is 28.6 Å². The number of rotatable bonds is 6. The van der Waals surface area contributed by atoms with E-state index in [4.69, 9.17) is 21.1 Å². The van der Waals surface area contributed by atoms with Crippen molar-refractivity contribution >= 4 is 17.5 Å². The van der Waals surface area contributed by atoms with Crippen molar-refractivity contribution in [1.82, 2.24) is 15.5 Å². The van der Waals surface area contributed by atoms with E-state index < -0.39 is 11.7 Å². The van der Waals surface area contributed by atoms with Crippen molar-refractivity contribution < 1.29 is 18.7 Å². The highest BCUT2D eigenvalue weighted by Crippen LogP contribution is 2.20. The Morgan fingerprint density at radius 3 is 2.95 bits per heavy atom. The number of halogens is 2. The van der Waals surface area contributed by atoms with Gasteiger partial charge in [-0.2, -0.15) is 0 Å². The van der Waals surface area contributed by atoms with E-state index >= 15 is 0 Å². The molecular weight excluding hydrogens is 301 g/mol. The van der Waals surface area contributed by atoms with Crippen LogP contribution in [0.2, 0.25) is 5.02 Å². The van der Waals surface area contributed by atoms with Gasteiger partial charge in [0.05, 0.1) is 6.42 Å². The Hall–Kier alpha value is -1.99. The molecule has 1 amide bonds. The number of carbonyl (C=O) groups excluding carboxylic acids is 1. The Labute approximate surface area is 124 Å². The summed E-state index contributed by atoms with van der Waals surface area (Å²) in [6.45, 7) is 0.301. The molecule has 0 aliphatic heterocycles. The van der Waals surface area contributed by atoms with Gasteiger partial charge in [0.15, 0.2) is 0 Å². The molecule has 6 nitrogen and oxygen atoms in total. The number of carbonyl (C=O) groups is 1. The van der Waals surface area contributed by atoms with Gasteiger partial charge in [-0.1, -0.05) is 17.7 Å². The van der Waals surface area contributed by atoms with Crippen LogP contribution in [-0.4, -0.2) is 34.4 Å². The highest BCUT2D eigenvalue weighted by molar-refractivity contribution is 6.31. The molecule has 0 saturated carbocycles. The molecule has 2 N–H and O–H groups in total. The lowest BCUT2D eigenvalue weighted by Gasteiger charge is -2.01. The van der Waals surface area contributed by atoms with Crippen LogP contribution >= 0.6 is 11.6 Å². The number of aromatic nitrogens is 2. The molecule has 2 aromatic rings. The van der Waals surface area contributed by atoms with Gasteiger partial charge in [-0.05, 0) is 24.1 Å². The van der Waals surface area contributed by atoms with Gasteiger partial charge >= 0.3 is 11.8 Å². The zero-order chi connectivity index (χ0) is 15.2. The average molecular weight is 314 g/mol. The van der Waals surface area contributed by atoms with E-state index in [1.165, 1.54) is 18.2 Å². The topological polar surface area (TPSA) is 88.2 Å². The Bertz CT molecular complexity index is 633. The monoisotopic (exact) mass is 313 g/mol.